The fraction of sp³-hybridized carbons (Fsp3) is 0.200. The summed E-state index contributed by atoms with van der Waals surface area (Å²) in [5, 5.41) is 0. The van der Waals surface area contributed by atoms with Crippen LogP contribution >= 0.6 is 0 Å². The van der Waals surface area contributed by atoms with Gasteiger partial charge in [-0.15, -0.1) is 13.2 Å². The molecule has 0 saturated carbocycles. The van der Waals surface area contributed by atoms with E-state index >= 15 is 0 Å². The number of fused-ring (bicyclic) bond motifs is 1. The molecule has 0 bridgehead atoms. The third-order valence-electron chi connectivity index (χ3n) is 3.49. The lowest BCUT2D eigenvalue weighted by molar-refractivity contribution is -0.275. The first kappa shape index (κ1) is 15.7. The summed E-state index contributed by atoms with van der Waals surface area (Å²) in [5.41, 5.74) is 1.32. The predicted octanol–water partition coefficient (Wildman–Crippen LogP) is 3.34. The molecule has 1 aliphatic rings. The summed E-state index contributed by atoms with van der Waals surface area (Å²) in [7, 11) is -4.15. The number of rotatable bonds is 3. The zero-order chi connectivity index (χ0) is 16.7. The average molecular weight is 343 g/mol. The molecule has 1 aliphatic heterocycles. The fourth-order valence-electron chi connectivity index (χ4n) is 2.55. The Morgan fingerprint density at radius 2 is 1.65 bits per heavy atom. The van der Waals surface area contributed by atoms with E-state index in [1.807, 2.05) is 0 Å². The molecule has 2 aromatic carbocycles. The molecule has 0 spiro atoms. The molecule has 0 N–H and O–H groups in total. The first-order valence-corrected chi connectivity index (χ1v) is 8.18. The Kier molecular flexibility index (Phi) is 3.71. The Morgan fingerprint density at radius 3 is 2.39 bits per heavy atom. The number of hydrogen-bond donors (Lipinski definition) is 0. The summed E-state index contributed by atoms with van der Waals surface area (Å²) < 4.78 is 68.0. The van der Waals surface area contributed by atoms with E-state index in [1.165, 1.54) is 12.1 Å². The van der Waals surface area contributed by atoms with Gasteiger partial charge in [0, 0.05) is 6.54 Å². The summed E-state index contributed by atoms with van der Waals surface area (Å²) in [5.74, 6) is -0.732. The second-order valence-electron chi connectivity index (χ2n) is 4.95. The molecule has 23 heavy (non-hydrogen) atoms. The van der Waals surface area contributed by atoms with Crippen molar-refractivity contribution in [2.24, 2.45) is 0 Å². The van der Waals surface area contributed by atoms with Gasteiger partial charge >= 0.3 is 6.36 Å². The van der Waals surface area contributed by atoms with E-state index in [-0.39, 0.29) is 6.54 Å². The second-order valence-corrected chi connectivity index (χ2v) is 6.78. The Balaban J connectivity index is 2.05. The minimum absolute atomic E-state index is 0.183. The predicted molar refractivity (Wildman–Crippen MR) is 77.8 cm³/mol. The minimum atomic E-state index is -4.96. The molecular formula is C15H12F3NO3S. The standard InChI is InChI=1S/C15H12F3NO3S/c16-15(17,18)22-13-7-3-4-8-14(13)23(20,21)19-10-9-11-5-1-2-6-12(11)19/h1-8H,9-10H2. The normalized spacial score (nSPS) is 14.7. The zero-order valence-corrected chi connectivity index (χ0v) is 12.6. The van der Waals surface area contributed by atoms with Crippen molar-refractivity contribution >= 4 is 15.7 Å². The van der Waals surface area contributed by atoms with E-state index in [1.54, 1.807) is 24.3 Å². The third kappa shape index (κ3) is 2.98. The molecule has 0 amide bonds. The molecule has 0 atom stereocenters. The number of benzene rings is 2. The van der Waals surface area contributed by atoms with Gasteiger partial charge in [0.1, 0.15) is 10.6 Å². The van der Waals surface area contributed by atoms with Crippen LogP contribution in [0.4, 0.5) is 18.9 Å². The summed E-state index contributed by atoms with van der Waals surface area (Å²) in [6.07, 6.45) is -4.45. The molecule has 8 heteroatoms. The van der Waals surface area contributed by atoms with Crippen LogP contribution in [0.5, 0.6) is 5.75 Å². The SMILES string of the molecule is O=S(=O)(c1ccccc1OC(F)(F)F)N1CCc2ccccc21. The van der Waals surface area contributed by atoms with Gasteiger partial charge in [0.25, 0.3) is 10.0 Å². The summed E-state index contributed by atoms with van der Waals surface area (Å²) in [6.45, 7) is 0.183. The van der Waals surface area contributed by atoms with Gasteiger partial charge < -0.3 is 4.74 Å². The van der Waals surface area contributed by atoms with Crippen LogP contribution in [0.1, 0.15) is 5.56 Å². The van der Waals surface area contributed by atoms with Crippen molar-refractivity contribution in [3.05, 3.63) is 54.1 Å². The van der Waals surface area contributed by atoms with Crippen molar-refractivity contribution in [3.63, 3.8) is 0 Å². The van der Waals surface area contributed by atoms with Gasteiger partial charge in [0.2, 0.25) is 0 Å². The van der Waals surface area contributed by atoms with Gasteiger partial charge in [-0.3, -0.25) is 4.31 Å². The van der Waals surface area contributed by atoms with E-state index in [2.05, 4.69) is 4.74 Å². The van der Waals surface area contributed by atoms with E-state index < -0.39 is 27.0 Å². The Morgan fingerprint density at radius 1 is 1.00 bits per heavy atom. The van der Waals surface area contributed by atoms with Gasteiger partial charge in [-0.1, -0.05) is 30.3 Å². The van der Waals surface area contributed by atoms with Gasteiger partial charge in [-0.25, -0.2) is 8.42 Å². The molecule has 3 rings (SSSR count). The lowest BCUT2D eigenvalue weighted by atomic mass is 10.2. The van der Waals surface area contributed by atoms with Crippen LogP contribution in [0.3, 0.4) is 0 Å². The summed E-state index contributed by atoms with van der Waals surface area (Å²) >= 11 is 0. The number of halogens is 3. The Labute approximate surface area is 131 Å². The molecule has 0 aliphatic carbocycles. The maximum absolute atomic E-state index is 12.8. The monoisotopic (exact) mass is 343 g/mol. The molecule has 2 aromatic rings. The number of para-hydroxylation sites is 2. The van der Waals surface area contributed by atoms with Crippen LogP contribution in [0.15, 0.2) is 53.4 Å². The van der Waals surface area contributed by atoms with E-state index in [0.29, 0.717) is 12.1 Å². The quantitative estimate of drug-likeness (QED) is 0.859. The van der Waals surface area contributed by atoms with Crippen LogP contribution < -0.4 is 9.04 Å². The van der Waals surface area contributed by atoms with Crippen LogP contribution in [-0.2, 0) is 16.4 Å². The van der Waals surface area contributed by atoms with Gasteiger partial charge in [0.15, 0.2) is 0 Å². The molecule has 0 fully saturated rings. The lowest BCUT2D eigenvalue weighted by Crippen LogP contribution is -2.30. The Bertz CT molecular complexity index is 834. The van der Waals surface area contributed by atoms with Crippen molar-refractivity contribution in [1.29, 1.82) is 0 Å². The van der Waals surface area contributed by atoms with E-state index in [4.69, 9.17) is 0 Å². The highest BCUT2D eigenvalue weighted by atomic mass is 32.2. The van der Waals surface area contributed by atoms with Crippen LogP contribution in [0.25, 0.3) is 0 Å². The van der Waals surface area contributed by atoms with Crippen molar-refractivity contribution in [2.45, 2.75) is 17.7 Å². The fourth-order valence-corrected chi connectivity index (χ4v) is 4.17. The largest absolute Gasteiger partial charge is 0.573 e. The number of alkyl halides is 3. The first-order valence-electron chi connectivity index (χ1n) is 6.74. The highest BCUT2D eigenvalue weighted by molar-refractivity contribution is 7.93. The first-order chi connectivity index (χ1) is 10.8. The molecule has 0 radical (unpaired) electrons. The average Bonchev–Trinajstić information content (AvgIpc) is 2.90. The number of ether oxygens (including phenoxy) is 1. The summed E-state index contributed by atoms with van der Waals surface area (Å²) in [4.78, 5) is -0.506. The zero-order valence-electron chi connectivity index (χ0n) is 11.7. The minimum Gasteiger partial charge on any atom is -0.404 e. The van der Waals surface area contributed by atoms with Crippen LogP contribution in [-0.4, -0.2) is 21.3 Å². The van der Waals surface area contributed by atoms with Crippen molar-refractivity contribution in [1.82, 2.24) is 0 Å². The van der Waals surface area contributed by atoms with Gasteiger partial charge in [-0.2, -0.15) is 0 Å². The van der Waals surface area contributed by atoms with Crippen molar-refractivity contribution < 1.29 is 26.3 Å². The number of nitrogens with zero attached hydrogens (tertiary/aromatic N) is 1. The van der Waals surface area contributed by atoms with E-state index in [0.717, 1.165) is 22.0 Å². The molecule has 4 nitrogen and oxygen atoms in total. The maximum Gasteiger partial charge on any atom is 0.573 e. The summed E-state index contributed by atoms with van der Waals surface area (Å²) in [6, 6.07) is 11.6. The van der Waals surface area contributed by atoms with Crippen LogP contribution in [0, 0.1) is 0 Å². The molecule has 0 saturated heterocycles. The highest BCUT2D eigenvalue weighted by Gasteiger charge is 2.37. The van der Waals surface area contributed by atoms with Gasteiger partial charge in [-0.05, 0) is 30.2 Å². The van der Waals surface area contributed by atoms with Gasteiger partial charge in [0.05, 0.1) is 5.69 Å². The van der Waals surface area contributed by atoms with Crippen molar-refractivity contribution in [2.75, 3.05) is 10.8 Å². The smallest absolute Gasteiger partial charge is 0.404 e. The second kappa shape index (κ2) is 5.45. The highest BCUT2D eigenvalue weighted by Crippen LogP contribution is 2.36. The number of anilines is 1. The third-order valence-corrected chi connectivity index (χ3v) is 5.34. The Hall–Kier alpha value is -2.22. The topological polar surface area (TPSA) is 46.6 Å². The molecule has 0 unspecified atom stereocenters. The van der Waals surface area contributed by atoms with Crippen LogP contribution in [0.2, 0.25) is 0 Å². The number of sulfonamides is 1. The van der Waals surface area contributed by atoms with Crippen molar-refractivity contribution in [3.8, 4) is 5.75 Å². The molecular weight excluding hydrogens is 331 g/mol. The molecule has 1 heterocycles. The maximum atomic E-state index is 12.8. The number of hydrogen-bond acceptors (Lipinski definition) is 3. The molecule has 122 valence electrons. The van der Waals surface area contributed by atoms with E-state index in [9.17, 15) is 21.6 Å². The molecule has 0 aromatic heterocycles. The lowest BCUT2D eigenvalue weighted by Gasteiger charge is -2.21.